The van der Waals surface area contributed by atoms with Gasteiger partial charge in [-0.3, -0.25) is 4.55 Å². The van der Waals surface area contributed by atoms with Crippen LogP contribution in [-0.4, -0.2) is 43.0 Å². The van der Waals surface area contributed by atoms with Gasteiger partial charge in [0.15, 0.2) is 0 Å². The first-order valence-electron chi connectivity index (χ1n) is 10.8. The summed E-state index contributed by atoms with van der Waals surface area (Å²) in [5, 5.41) is 12.6. The quantitative estimate of drug-likeness (QED) is 0.206. The molecule has 0 saturated carbocycles. The molecular weight excluding hydrogens is 350 g/mol. The van der Waals surface area contributed by atoms with Gasteiger partial charge in [-0.15, -0.1) is 0 Å². The SMILES string of the molecule is CCCCCCCCCCCCCCCCC(O)CNCCS(=O)(=O)O. The monoisotopic (exact) mass is 393 g/mol. The summed E-state index contributed by atoms with van der Waals surface area (Å²) < 4.78 is 29.7. The number of aliphatic hydroxyl groups is 1. The van der Waals surface area contributed by atoms with Crippen LogP contribution in [0.2, 0.25) is 0 Å². The van der Waals surface area contributed by atoms with E-state index in [4.69, 9.17) is 4.55 Å². The molecule has 0 aliphatic heterocycles. The lowest BCUT2D eigenvalue weighted by Crippen LogP contribution is -2.30. The average Bonchev–Trinajstić information content (AvgIpc) is 2.58. The van der Waals surface area contributed by atoms with Crippen molar-refractivity contribution in [3.63, 3.8) is 0 Å². The highest BCUT2D eigenvalue weighted by molar-refractivity contribution is 7.85. The summed E-state index contributed by atoms with van der Waals surface area (Å²) in [6.45, 7) is 2.82. The highest BCUT2D eigenvalue weighted by Gasteiger charge is 2.06. The van der Waals surface area contributed by atoms with Crippen LogP contribution in [0.4, 0.5) is 0 Å². The molecule has 0 aliphatic rings. The molecule has 5 nitrogen and oxygen atoms in total. The molecule has 0 amide bonds. The Morgan fingerprint density at radius 3 is 1.62 bits per heavy atom. The van der Waals surface area contributed by atoms with Gasteiger partial charge < -0.3 is 10.4 Å². The lowest BCUT2D eigenvalue weighted by atomic mass is 10.0. The molecule has 0 rings (SSSR count). The Bertz CT molecular complexity index is 387. The number of hydrogen-bond donors (Lipinski definition) is 3. The first-order chi connectivity index (χ1) is 12.5. The predicted octanol–water partition coefficient (Wildman–Crippen LogP) is 4.70. The van der Waals surface area contributed by atoms with Crippen LogP contribution in [0, 0.1) is 0 Å². The summed E-state index contributed by atoms with van der Waals surface area (Å²) in [5.74, 6) is -0.307. The molecule has 0 saturated heterocycles. The summed E-state index contributed by atoms with van der Waals surface area (Å²) in [6, 6.07) is 0. The maximum atomic E-state index is 10.5. The molecule has 0 spiro atoms. The molecule has 0 aromatic heterocycles. The van der Waals surface area contributed by atoms with E-state index in [2.05, 4.69) is 12.2 Å². The van der Waals surface area contributed by atoms with E-state index in [1.165, 1.54) is 77.0 Å². The summed E-state index contributed by atoms with van der Waals surface area (Å²) in [4.78, 5) is 0. The van der Waals surface area contributed by atoms with E-state index in [1.807, 2.05) is 0 Å². The fourth-order valence-electron chi connectivity index (χ4n) is 3.15. The molecule has 0 bridgehead atoms. The lowest BCUT2D eigenvalue weighted by molar-refractivity contribution is 0.158. The molecule has 0 radical (unpaired) electrons. The minimum Gasteiger partial charge on any atom is -0.392 e. The van der Waals surface area contributed by atoms with Crippen LogP contribution in [0.3, 0.4) is 0 Å². The van der Waals surface area contributed by atoms with Crippen LogP contribution in [0.5, 0.6) is 0 Å². The van der Waals surface area contributed by atoms with Crippen molar-refractivity contribution >= 4 is 10.1 Å². The number of unbranched alkanes of at least 4 members (excludes halogenated alkanes) is 13. The molecule has 6 heteroatoms. The molecule has 0 aromatic rings. The van der Waals surface area contributed by atoms with Crippen LogP contribution in [0.1, 0.15) is 103 Å². The van der Waals surface area contributed by atoms with Crippen LogP contribution >= 0.6 is 0 Å². The van der Waals surface area contributed by atoms with Crippen molar-refractivity contribution in [1.82, 2.24) is 5.32 Å². The Kier molecular flexibility index (Phi) is 18.1. The molecule has 26 heavy (non-hydrogen) atoms. The second-order valence-corrected chi connectivity index (χ2v) is 9.10. The van der Waals surface area contributed by atoms with E-state index < -0.39 is 16.2 Å². The molecule has 0 aromatic carbocycles. The zero-order chi connectivity index (χ0) is 19.5. The highest BCUT2D eigenvalue weighted by Crippen LogP contribution is 2.13. The average molecular weight is 394 g/mol. The van der Waals surface area contributed by atoms with Gasteiger partial charge >= 0.3 is 0 Å². The lowest BCUT2D eigenvalue weighted by Gasteiger charge is -2.11. The van der Waals surface area contributed by atoms with Crippen molar-refractivity contribution < 1.29 is 18.1 Å². The van der Waals surface area contributed by atoms with Crippen molar-refractivity contribution in [2.24, 2.45) is 0 Å². The number of rotatable bonds is 20. The maximum absolute atomic E-state index is 10.5. The van der Waals surface area contributed by atoms with E-state index in [0.29, 0.717) is 6.54 Å². The Morgan fingerprint density at radius 2 is 1.19 bits per heavy atom. The minimum absolute atomic E-state index is 0.175. The van der Waals surface area contributed by atoms with Crippen molar-refractivity contribution in [3.05, 3.63) is 0 Å². The number of nitrogens with one attached hydrogen (secondary N) is 1. The standard InChI is InChI=1S/C20H43NO4S/c1-2-3-4-5-6-7-8-9-10-11-12-13-14-15-16-20(22)19-21-17-18-26(23,24)25/h20-22H,2-19H2,1H3,(H,23,24,25). The van der Waals surface area contributed by atoms with Gasteiger partial charge in [-0.1, -0.05) is 96.8 Å². The summed E-state index contributed by atoms with van der Waals surface area (Å²) in [6.07, 6.45) is 18.8. The molecule has 3 N–H and O–H groups in total. The number of hydrogen-bond acceptors (Lipinski definition) is 4. The third-order valence-corrected chi connectivity index (χ3v) is 5.53. The Balaban J connectivity index is 3.18. The third-order valence-electron chi connectivity index (χ3n) is 4.81. The van der Waals surface area contributed by atoms with Crippen LogP contribution in [0.25, 0.3) is 0 Å². The summed E-state index contributed by atoms with van der Waals surface area (Å²) in [7, 11) is -3.91. The van der Waals surface area contributed by atoms with Crippen molar-refractivity contribution in [2.75, 3.05) is 18.8 Å². The first kappa shape index (κ1) is 25.8. The smallest absolute Gasteiger partial charge is 0.266 e. The van der Waals surface area contributed by atoms with Gasteiger partial charge in [-0.25, -0.2) is 0 Å². The Hall–Kier alpha value is -0.170. The van der Waals surface area contributed by atoms with Gasteiger partial charge in [-0.05, 0) is 6.42 Å². The Labute approximate surface area is 162 Å². The van der Waals surface area contributed by atoms with Gasteiger partial charge in [0, 0.05) is 13.1 Å². The van der Waals surface area contributed by atoms with Crippen LogP contribution < -0.4 is 5.32 Å². The van der Waals surface area contributed by atoms with Gasteiger partial charge in [-0.2, -0.15) is 8.42 Å². The van der Waals surface area contributed by atoms with E-state index in [0.717, 1.165) is 19.3 Å². The molecular formula is C20H43NO4S. The molecule has 1 unspecified atom stereocenters. The molecule has 0 aliphatic carbocycles. The van der Waals surface area contributed by atoms with Crippen LogP contribution in [-0.2, 0) is 10.1 Å². The molecule has 1 atom stereocenters. The number of aliphatic hydroxyl groups excluding tert-OH is 1. The minimum atomic E-state index is -3.91. The van der Waals surface area contributed by atoms with Gasteiger partial charge in [0.25, 0.3) is 10.1 Å². The van der Waals surface area contributed by atoms with E-state index in [9.17, 15) is 13.5 Å². The highest BCUT2D eigenvalue weighted by atomic mass is 32.2. The second-order valence-electron chi connectivity index (χ2n) is 7.53. The van der Waals surface area contributed by atoms with Gasteiger partial charge in [0.2, 0.25) is 0 Å². The summed E-state index contributed by atoms with van der Waals surface area (Å²) in [5.41, 5.74) is 0. The normalized spacial score (nSPS) is 13.2. The summed E-state index contributed by atoms with van der Waals surface area (Å²) >= 11 is 0. The van der Waals surface area contributed by atoms with Crippen molar-refractivity contribution in [3.8, 4) is 0 Å². The van der Waals surface area contributed by atoms with E-state index in [-0.39, 0.29) is 12.3 Å². The first-order valence-corrected chi connectivity index (χ1v) is 12.4. The molecule has 158 valence electrons. The predicted molar refractivity (Wildman–Crippen MR) is 110 cm³/mol. The van der Waals surface area contributed by atoms with Gasteiger partial charge in [0.1, 0.15) is 0 Å². The van der Waals surface area contributed by atoms with Crippen LogP contribution in [0.15, 0.2) is 0 Å². The second kappa shape index (κ2) is 18.2. The van der Waals surface area contributed by atoms with Crippen molar-refractivity contribution in [1.29, 1.82) is 0 Å². The van der Waals surface area contributed by atoms with Gasteiger partial charge in [0.05, 0.1) is 11.9 Å². The van der Waals surface area contributed by atoms with E-state index >= 15 is 0 Å². The topological polar surface area (TPSA) is 86.6 Å². The maximum Gasteiger partial charge on any atom is 0.266 e. The largest absolute Gasteiger partial charge is 0.392 e. The zero-order valence-corrected chi connectivity index (χ0v) is 17.7. The van der Waals surface area contributed by atoms with Crippen molar-refractivity contribution in [2.45, 2.75) is 109 Å². The zero-order valence-electron chi connectivity index (χ0n) is 16.9. The molecule has 0 heterocycles. The van der Waals surface area contributed by atoms with E-state index in [1.54, 1.807) is 0 Å². The third kappa shape index (κ3) is 21.9. The fourth-order valence-corrected chi connectivity index (χ4v) is 3.55. The fraction of sp³-hybridized carbons (Fsp3) is 1.00. The Morgan fingerprint density at radius 1 is 0.769 bits per heavy atom. The molecule has 0 fully saturated rings.